The summed E-state index contributed by atoms with van der Waals surface area (Å²) in [6.07, 6.45) is 0. The SMILES string of the molecule is Cc1cc(C)c(C(=O)OCc2nc3ccccc3s2)c(=O)[nH]1. The minimum Gasteiger partial charge on any atom is -0.455 e. The molecular formula is C16H14N2O3S. The number of aromatic nitrogens is 2. The van der Waals surface area contributed by atoms with Crippen LogP contribution < -0.4 is 5.56 Å². The summed E-state index contributed by atoms with van der Waals surface area (Å²) in [7, 11) is 0. The number of nitrogens with one attached hydrogen (secondary N) is 1. The van der Waals surface area contributed by atoms with Crippen molar-refractivity contribution in [3.63, 3.8) is 0 Å². The van der Waals surface area contributed by atoms with Crippen molar-refractivity contribution in [2.45, 2.75) is 20.5 Å². The van der Waals surface area contributed by atoms with Gasteiger partial charge in [0.2, 0.25) is 0 Å². The molecule has 0 aliphatic rings. The Hall–Kier alpha value is -2.47. The molecule has 22 heavy (non-hydrogen) atoms. The Balaban J connectivity index is 1.79. The van der Waals surface area contributed by atoms with Crippen LogP contribution in [0.15, 0.2) is 35.1 Å². The number of hydrogen-bond acceptors (Lipinski definition) is 5. The average molecular weight is 314 g/mol. The van der Waals surface area contributed by atoms with Gasteiger partial charge in [0.05, 0.1) is 10.2 Å². The second-order valence-corrected chi connectivity index (χ2v) is 6.11. The molecule has 6 heteroatoms. The monoisotopic (exact) mass is 314 g/mol. The Bertz CT molecular complexity index is 878. The number of benzene rings is 1. The maximum absolute atomic E-state index is 12.1. The second kappa shape index (κ2) is 5.73. The van der Waals surface area contributed by atoms with E-state index in [1.54, 1.807) is 19.9 Å². The van der Waals surface area contributed by atoms with Crippen LogP contribution in [0.25, 0.3) is 10.2 Å². The zero-order valence-corrected chi connectivity index (χ0v) is 13.0. The summed E-state index contributed by atoms with van der Waals surface area (Å²) in [5.74, 6) is -0.627. The molecule has 0 atom stereocenters. The molecule has 0 bridgehead atoms. The van der Waals surface area contributed by atoms with Gasteiger partial charge in [-0.25, -0.2) is 9.78 Å². The largest absolute Gasteiger partial charge is 0.455 e. The lowest BCUT2D eigenvalue weighted by Crippen LogP contribution is -2.22. The van der Waals surface area contributed by atoms with Crippen LogP contribution in [0.1, 0.15) is 26.6 Å². The normalized spacial score (nSPS) is 10.8. The summed E-state index contributed by atoms with van der Waals surface area (Å²) in [5, 5.41) is 0.704. The predicted molar refractivity (Wildman–Crippen MR) is 85.3 cm³/mol. The van der Waals surface area contributed by atoms with Crippen LogP contribution in [0, 0.1) is 13.8 Å². The number of nitrogens with zero attached hydrogens (tertiary/aromatic N) is 1. The molecule has 3 rings (SSSR count). The van der Waals surface area contributed by atoms with Gasteiger partial charge in [0.15, 0.2) is 0 Å². The van der Waals surface area contributed by atoms with Crippen LogP contribution in [-0.4, -0.2) is 15.9 Å². The maximum Gasteiger partial charge on any atom is 0.344 e. The van der Waals surface area contributed by atoms with Crippen molar-refractivity contribution in [2.24, 2.45) is 0 Å². The van der Waals surface area contributed by atoms with Gasteiger partial charge in [-0.1, -0.05) is 12.1 Å². The maximum atomic E-state index is 12.1. The molecule has 5 nitrogen and oxygen atoms in total. The molecule has 0 fully saturated rings. The van der Waals surface area contributed by atoms with Crippen LogP contribution in [0.5, 0.6) is 0 Å². The zero-order valence-electron chi connectivity index (χ0n) is 12.2. The lowest BCUT2D eigenvalue weighted by molar-refractivity contribution is 0.0469. The van der Waals surface area contributed by atoms with E-state index in [0.717, 1.165) is 10.2 Å². The number of fused-ring (bicyclic) bond motifs is 1. The number of carbonyl (C=O) groups excluding carboxylic acids is 1. The van der Waals surface area contributed by atoms with E-state index in [-0.39, 0.29) is 12.2 Å². The summed E-state index contributed by atoms with van der Waals surface area (Å²) in [6.45, 7) is 3.55. The van der Waals surface area contributed by atoms with Crippen molar-refractivity contribution in [1.29, 1.82) is 0 Å². The van der Waals surface area contributed by atoms with E-state index in [9.17, 15) is 9.59 Å². The first-order valence-corrected chi connectivity index (χ1v) is 7.58. The summed E-state index contributed by atoms with van der Waals surface area (Å²) in [6, 6.07) is 9.47. The predicted octanol–water partition coefficient (Wildman–Crippen LogP) is 2.96. The van der Waals surface area contributed by atoms with Crippen LogP contribution in [-0.2, 0) is 11.3 Å². The van der Waals surface area contributed by atoms with Gasteiger partial charge in [-0.2, -0.15) is 0 Å². The number of carbonyl (C=O) groups is 1. The fraction of sp³-hybridized carbons (Fsp3) is 0.188. The van der Waals surface area contributed by atoms with Crippen LogP contribution in [0.4, 0.5) is 0 Å². The molecule has 0 amide bonds. The first kappa shape index (κ1) is 14.5. The average Bonchev–Trinajstić information content (AvgIpc) is 2.86. The molecule has 0 saturated heterocycles. The fourth-order valence-corrected chi connectivity index (χ4v) is 3.17. The van der Waals surface area contributed by atoms with E-state index in [2.05, 4.69) is 9.97 Å². The second-order valence-electron chi connectivity index (χ2n) is 4.99. The Kier molecular flexibility index (Phi) is 3.77. The lowest BCUT2D eigenvalue weighted by Gasteiger charge is -2.05. The molecule has 2 heterocycles. The van der Waals surface area contributed by atoms with Gasteiger partial charge in [-0.05, 0) is 37.6 Å². The van der Waals surface area contributed by atoms with E-state index in [4.69, 9.17) is 4.74 Å². The van der Waals surface area contributed by atoms with Gasteiger partial charge in [0.1, 0.15) is 17.2 Å². The van der Waals surface area contributed by atoms with Crippen molar-refractivity contribution in [3.05, 3.63) is 62.5 Å². The van der Waals surface area contributed by atoms with Crippen molar-refractivity contribution in [1.82, 2.24) is 9.97 Å². The highest BCUT2D eigenvalue weighted by Gasteiger charge is 2.16. The molecule has 0 unspecified atom stereocenters. The first-order chi connectivity index (χ1) is 10.5. The number of rotatable bonds is 3. The number of hydrogen-bond donors (Lipinski definition) is 1. The summed E-state index contributed by atoms with van der Waals surface area (Å²) in [4.78, 5) is 31.0. The molecule has 0 spiro atoms. The summed E-state index contributed by atoms with van der Waals surface area (Å²) in [5.41, 5.74) is 1.82. The quantitative estimate of drug-likeness (QED) is 0.754. The smallest absolute Gasteiger partial charge is 0.344 e. The number of pyridine rings is 1. The van der Waals surface area contributed by atoms with Crippen LogP contribution in [0.3, 0.4) is 0 Å². The van der Waals surface area contributed by atoms with Crippen molar-refractivity contribution < 1.29 is 9.53 Å². The molecule has 2 aromatic heterocycles. The highest BCUT2D eigenvalue weighted by atomic mass is 32.1. The molecular weight excluding hydrogens is 300 g/mol. The van der Waals surface area contributed by atoms with Gasteiger partial charge in [-0.15, -0.1) is 11.3 Å². The Morgan fingerprint density at radius 2 is 2.09 bits per heavy atom. The number of H-pyrrole nitrogens is 1. The number of para-hydroxylation sites is 1. The molecule has 3 aromatic rings. The molecule has 0 saturated carbocycles. The number of ether oxygens (including phenoxy) is 1. The lowest BCUT2D eigenvalue weighted by atomic mass is 10.1. The third-order valence-electron chi connectivity index (χ3n) is 3.23. The number of esters is 1. The number of thiazole rings is 1. The van der Waals surface area contributed by atoms with Gasteiger partial charge in [0.25, 0.3) is 5.56 Å². The topological polar surface area (TPSA) is 72.0 Å². The van der Waals surface area contributed by atoms with E-state index < -0.39 is 11.5 Å². The van der Waals surface area contributed by atoms with E-state index in [1.165, 1.54) is 11.3 Å². The van der Waals surface area contributed by atoms with Gasteiger partial charge in [0, 0.05) is 5.69 Å². The Morgan fingerprint density at radius 3 is 2.82 bits per heavy atom. The van der Waals surface area contributed by atoms with Crippen molar-refractivity contribution in [2.75, 3.05) is 0 Å². The minimum atomic E-state index is -0.627. The van der Waals surface area contributed by atoms with Crippen molar-refractivity contribution >= 4 is 27.5 Å². The first-order valence-electron chi connectivity index (χ1n) is 6.76. The van der Waals surface area contributed by atoms with Crippen molar-refractivity contribution in [3.8, 4) is 0 Å². The highest BCUT2D eigenvalue weighted by molar-refractivity contribution is 7.18. The van der Waals surface area contributed by atoms with E-state index in [0.29, 0.717) is 16.3 Å². The van der Waals surface area contributed by atoms with Gasteiger partial charge < -0.3 is 9.72 Å². The molecule has 0 radical (unpaired) electrons. The minimum absolute atomic E-state index is 0.0479. The molecule has 0 aliphatic heterocycles. The Labute approximate surface area is 130 Å². The number of aromatic amines is 1. The third-order valence-corrected chi connectivity index (χ3v) is 4.24. The number of aryl methyl sites for hydroxylation is 2. The molecule has 0 aliphatic carbocycles. The van der Waals surface area contributed by atoms with Gasteiger partial charge in [-0.3, -0.25) is 4.79 Å². The molecule has 112 valence electrons. The Morgan fingerprint density at radius 1 is 1.32 bits per heavy atom. The fourth-order valence-electron chi connectivity index (χ4n) is 2.29. The summed E-state index contributed by atoms with van der Waals surface area (Å²) >= 11 is 1.47. The standard InChI is InChI=1S/C16H14N2O3S/c1-9-7-10(2)17-15(19)14(9)16(20)21-8-13-18-11-5-3-4-6-12(11)22-13/h3-7H,8H2,1-2H3,(H,17,19). The van der Waals surface area contributed by atoms with Crippen LogP contribution in [0.2, 0.25) is 0 Å². The molecule has 1 aromatic carbocycles. The summed E-state index contributed by atoms with van der Waals surface area (Å²) < 4.78 is 6.27. The van der Waals surface area contributed by atoms with Crippen LogP contribution >= 0.6 is 11.3 Å². The molecule has 1 N–H and O–H groups in total. The van der Waals surface area contributed by atoms with E-state index in [1.807, 2.05) is 24.3 Å². The van der Waals surface area contributed by atoms with Gasteiger partial charge >= 0.3 is 5.97 Å². The van der Waals surface area contributed by atoms with E-state index >= 15 is 0 Å². The highest BCUT2D eigenvalue weighted by Crippen LogP contribution is 2.22. The third kappa shape index (κ3) is 2.78. The zero-order chi connectivity index (χ0) is 15.7.